The summed E-state index contributed by atoms with van der Waals surface area (Å²) in [7, 11) is -11.2. The van der Waals surface area contributed by atoms with Gasteiger partial charge in [-0.2, -0.15) is 16.8 Å². The van der Waals surface area contributed by atoms with Crippen LogP contribution in [0.1, 0.15) is 11.1 Å². The van der Waals surface area contributed by atoms with E-state index in [4.69, 9.17) is 0 Å². The first-order valence-corrected chi connectivity index (χ1v) is 21.0. The molecule has 0 unspecified atom stereocenters. The summed E-state index contributed by atoms with van der Waals surface area (Å²) >= 11 is 0. The highest BCUT2D eigenvalue weighted by molar-refractivity contribution is 7.86. The fraction of sp³-hybridized carbons (Fsp3) is 0.0526. The first-order chi connectivity index (χ1) is 23.1. The third-order valence-corrected chi connectivity index (χ3v) is 14.7. The Hall–Kier alpha value is -4.00. The van der Waals surface area contributed by atoms with Crippen molar-refractivity contribution in [2.24, 2.45) is 0 Å². The van der Waals surface area contributed by atoms with E-state index in [1.165, 1.54) is 24.3 Å². The monoisotopic (exact) mass is 710 g/mol. The van der Waals surface area contributed by atoms with Gasteiger partial charge in [-0.25, -0.2) is 0 Å². The second-order valence-electron chi connectivity index (χ2n) is 11.1. The molecule has 0 fully saturated rings. The largest absolute Gasteiger partial charge is 0.294 e. The van der Waals surface area contributed by atoms with Crippen LogP contribution in [-0.2, 0) is 32.6 Å². The van der Waals surface area contributed by atoms with Crippen molar-refractivity contribution in [3.05, 3.63) is 169 Å². The van der Waals surface area contributed by atoms with Crippen LogP contribution in [0.25, 0.3) is 11.1 Å². The highest BCUT2D eigenvalue weighted by atomic mass is 32.2. The molecule has 10 heteroatoms. The molecule has 0 saturated heterocycles. The SMILES string of the molecule is O=S(=O)(O)c1ccc(CP(c2ccccc2)c2ccccc2)c(-c2cc(S(=O)(=O)O)ccc2CP(c2ccccc2)c2ccccc2)c1. The van der Waals surface area contributed by atoms with Crippen LogP contribution < -0.4 is 21.2 Å². The van der Waals surface area contributed by atoms with E-state index < -0.39 is 36.1 Å². The maximum atomic E-state index is 12.5. The molecule has 6 nitrogen and oxygen atoms in total. The molecular weight excluding hydrogens is 678 g/mol. The molecule has 48 heavy (non-hydrogen) atoms. The summed E-state index contributed by atoms with van der Waals surface area (Å²) in [6, 6.07) is 49.3. The Morgan fingerprint density at radius 1 is 0.396 bits per heavy atom. The molecule has 0 heterocycles. The molecule has 6 aromatic carbocycles. The van der Waals surface area contributed by atoms with Crippen molar-refractivity contribution >= 4 is 57.3 Å². The Kier molecular flexibility index (Phi) is 10.3. The van der Waals surface area contributed by atoms with Crippen molar-refractivity contribution in [1.82, 2.24) is 0 Å². The van der Waals surface area contributed by atoms with Gasteiger partial charge in [-0.15, -0.1) is 0 Å². The van der Waals surface area contributed by atoms with Crippen molar-refractivity contribution in [3.8, 4) is 11.1 Å². The van der Waals surface area contributed by atoms with Crippen LogP contribution in [0.2, 0.25) is 0 Å². The van der Waals surface area contributed by atoms with Crippen LogP contribution in [0.5, 0.6) is 0 Å². The van der Waals surface area contributed by atoms with Gasteiger partial charge in [0.1, 0.15) is 0 Å². The van der Waals surface area contributed by atoms with Crippen LogP contribution >= 0.6 is 15.8 Å². The van der Waals surface area contributed by atoms with Gasteiger partial charge in [0.25, 0.3) is 20.2 Å². The van der Waals surface area contributed by atoms with Crippen LogP contribution in [-0.4, -0.2) is 25.9 Å². The highest BCUT2D eigenvalue weighted by Gasteiger charge is 2.24. The Bertz CT molecular complexity index is 1990. The van der Waals surface area contributed by atoms with Gasteiger partial charge in [0, 0.05) is 12.3 Å². The van der Waals surface area contributed by atoms with E-state index in [1.807, 2.05) is 72.8 Å². The number of rotatable bonds is 11. The van der Waals surface area contributed by atoms with Crippen molar-refractivity contribution in [3.63, 3.8) is 0 Å². The predicted molar refractivity (Wildman–Crippen MR) is 197 cm³/mol. The minimum Gasteiger partial charge on any atom is -0.282 e. The van der Waals surface area contributed by atoms with E-state index in [0.29, 0.717) is 23.5 Å². The van der Waals surface area contributed by atoms with Crippen LogP contribution in [0.4, 0.5) is 0 Å². The average Bonchev–Trinajstić information content (AvgIpc) is 3.10. The van der Waals surface area contributed by atoms with Gasteiger partial charge in [-0.3, -0.25) is 9.11 Å². The van der Waals surface area contributed by atoms with Gasteiger partial charge in [-0.1, -0.05) is 133 Å². The molecule has 242 valence electrons. The molecule has 0 saturated carbocycles. The molecule has 0 aliphatic heterocycles. The Morgan fingerprint density at radius 2 is 0.667 bits per heavy atom. The van der Waals surface area contributed by atoms with E-state index >= 15 is 0 Å². The van der Waals surface area contributed by atoms with E-state index in [9.17, 15) is 25.9 Å². The molecule has 0 bridgehead atoms. The minimum absolute atomic E-state index is 0.304. The average molecular weight is 711 g/mol. The zero-order valence-corrected chi connectivity index (χ0v) is 29.1. The quantitative estimate of drug-likeness (QED) is 0.110. The Labute approximate surface area is 284 Å². The van der Waals surface area contributed by atoms with Crippen molar-refractivity contribution < 1.29 is 25.9 Å². The fourth-order valence-corrected chi connectivity index (χ4v) is 11.3. The van der Waals surface area contributed by atoms with Crippen LogP contribution in [0, 0.1) is 0 Å². The maximum Gasteiger partial charge on any atom is 0.294 e. The first kappa shape index (κ1) is 33.9. The minimum atomic E-state index is -4.60. The van der Waals surface area contributed by atoms with Crippen molar-refractivity contribution in [1.29, 1.82) is 0 Å². The second-order valence-corrected chi connectivity index (χ2v) is 18.4. The highest BCUT2D eigenvalue weighted by Crippen LogP contribution is 2.45. The van der Waals surface area contributed by atoms with E-state index in [1.54, 1.807) is 12.1 Å². The Morgan fingerprint density at radius 3 is 0.917 bits per heavy atom. The zero-order chi connectivity index (χ0) is 33.7. The molecule has 6 aromatic rings. The lowest BCUT2D eigenvalue weighted by molar-refractivity contribution is 0.481. The summed E-state index contributed by atoms with van der Waals surface area (Å²) in [5.74, 6) is 0. The molecule has 0 amide bonds. The lowest BCUT2D eigenvalue weighted by Gasteiger charge is -2.24. The maximum absolute atomic E-state index is 12.5. The van der Waals surface area contributed by atoms with Gasteiger partial charge < -0.3 is 0 Å². The standard InChI is InChI=1S/C38H32O6P2S2/c39-47(40,41)35-23-21-29(27-45(31-13-5-1-6-14-31)32-15-7-2-8-16-32)37(25-35)38-26-36(48(42,43)44)24-22-30(38)28-46(33-17-9-3-10-18-33)34-19-11-4-12-20-34/h1-26H,27-28H2,(H,39,40,41)(H,42,43,44). The molecule has 2 N–H and O–H groups in total. The summed E-state index contributed by atoms with van der Waals surface area (Å²) in [6.45, 7) is 0. The number of hydrogen-bond donors (Lipinski definition) is 2. The van der Waals surface area contributed by atoms with Gasteiger partial charge >= 0.3 is 0 Å². The molecule has 0 aromatic heterocycles. The molecular formula is C38H32O6P2S2. The summed E-state index contributed by atoms with van der Waals surface area (Å²) in [5.41, 5.74) is 2.50. The van der Waals surface area contributed by atoms with Gasteiger partial charge in [0.2, 0.25) is 0 Å². The zero-order valence-electron chi connectivity index (χ0n) is 25.7. The van der Waals surface area contributed by atoms with Gasteiger partial charge in [0.15, 0.2) is 0 Å². The molecule has 0 atom stereocenters. The topological polar surface area (TPSA) is 109 Å². The number of benzene rings is 6. The predicted octanol–water partition coefficient (Wildman–Crippen LogP) is 7.11. The van der Waals surface area contributed by atoms with Crippen LogP contribution in [0.15, 0.2) is 168 Å². The summed E-state index contributed by atoms with van der Waals surface area (Å²) in [5, 5.41) is 4.47. The Balaban J connectivity index is 1.57. The molecule has 0 radical (unpaired) electrons. The molecule has 0 spiro atoms. The summed E-state index contributed by atoms with van der Waals surface area (Å²) in [6.07, 6.45) is 1.01. The van der Waals surface area contributed by atoms with Crippen molar-refractivity contribution in [2.45, 2.75) is 22.1 Å². The van der Waals surface area contributed by atoms with Crippen molar-refractivity contribution in [2.75, 3.05) is 0 Å². The summed E-state index contributed by atoms with van der Waals surface area (Å²) < 4.78 is 70.2. The fourth-order valence-electron chi connectivity index (χ4n) is 5.64. The number of hydrogen-bond acceptors (Lipinski definition) is 4. The van der Waals surface area contributed by atoms with Gasteiger partial charge in [-0.05, 0) is 83.6 Å². The molecule has 0 aliphatic rings. The van der Waals surface area contributed by atoms with E-state index in [2.05, 4.69) is 48.5 Å². The molecule has 0 aliphatic carbocycles. The first-order valence-electron chi connectivity index (χ1n) is 15.0. The normalized spacial score (nSPS) is 12.0. The molecule has 6 rings (SSSR count). The smallest absolute Gasteiger partial charge is 0.282 e. The third-order valence-electron chi connectivity index (χ3n) is 7.98. The van der Waals surface area contributed by atoms with E-state index in [-0.39, 0.29) is 9.79 Å². The van der Waals surface area contributed by atoms with Crippen LogP contribution in [0.3, 0.4) is 0 Å². The second kappa shape index (κ2) is 14.6. The lowest BCUT2D eigenvalue weighted by Crippen LogP contribution is -2.14. The third kappa shape index (κ3) is 7.99. The van der Waals surface area contributed by atoms with E-state index in [0.717, 1.165) is 32.3 Å². The lowest BCUT2D eigenvalue weighted by atomic mass is 9.96. The summed E-state index contributed by atoms with van der Waals surface area (Å²) in [4.78, 5) is -0.608. The van der Waals surface area contributed by atoms with Gasteiger partial charge in [0.05, 0.1) is 9.79 Å².